The van der Waals surface area contributed by atoms with E-state index in [0.717, 1.165) is 25.5 Å². The second-order valence-corrected chi connectivity index (χ2v) is 4.34. The second-order valence-electron chi connectivity index (χ2n) is 4.34. The highest BCUT2D eigenvalue weighted by atomic mass is 15.3. The average molecular weight is 245 g/mol. The van der Waals surface area contributed by atoms with Crippen LogP contribution in [0, 0.1) is 0 Å². The predicted molar refractivity (Wildman–Crippen MR) is 70.6 cm³/mol. The van der Waals surface area contributed by atoms with E-state index in [1.165, 1.54) is 5.56 Å². The molecule has 0 radical (unpaired) electrons. The molecule has 0 aliphatic heterocycles. The van der Waals surface area contributed by atoms with Crippen molar-refractivity contribution in [3.63, 3.8) is 0 Å². The quantitative estimate of drug-likeness (QED) is 0.817. The molecule has 1 aromatic heterocycles. The number of hydrogen-bond donors (Lipinski definition) is 1. The predicted octanol–water partition coefficient (Wildman–Crippen LogP) is 0.776. The molecule has 0 spiro atoms. The molecule has 0 saturated carbocycles. The third-order valence-corrected chi connectivity index (χ3v) is 2.86. The molecule has 0 aliphatic rings. The van der Waals surface area contributed by atoms with Crippen LogP contribution in [0.5, 0.6) is 0 Å². The zero-order valence-electron chi connectivity index (χ0n) is 10.7. The van der Waals surface area contributed by atoms with Gasteiger partial charge in [-0.3, -0.25) is 4.90 Å². The van der Waals surface area contributed by atoms with Crippen LogP contribution in [0.1, 0.15) is 11.4 Å². The largest absolute Gasteiger partial charge is 0.329 e. The van der Waals surface area contributed by atoms with Crippen LogP contribution in [0.3, 0.4) is 0 Å². The SMILES string of the molecule is Cn1cnnc1CN(CCN)Cc1ccccc1. The first-order valence-electron chi connectivity index (χ1n) is 6.09. The van der Waals surface area contributed by atoms with Gasteiger partial charge in [0.05, 0.1) is 6.54 Å². The summed E-state index contributed by atoms with van der Waals surface area (Å²) in [4.78, 5) is 2.28. The van der Waals surface area contributed by atoms with Gasteiger partial charge in [-0.1, -0.05) is 30.3 Å². The highest BCUT2D eigenvalue weighted by molar-refractivity contribution is 5.14. The Morgan fingerprint density at radius 1 is 1.22 bits per heavy atom. The van der Waals surface area contributed by atoms with Crippen LogP contribution in [0.4, 0.5) is 0 Å². The number of benzene rings is 1. The van der Waals surface area contributed by atoms with Crippen molar-refractivity contribution in [2.45, 2.75) is 13.1 Å². The third kappa shape index (κ3) is 3.38. The fourth-order valence-electron chi connectivity index (χ4n) is 1.89. The van der Waals surface area contributed by atoms with Crippen LogP contribution in [-0.4, -0.2) is 32.8 Å². The van der Waals surface area contributed by atoms with Gasteiger partial charge >= 0.3 is 0 Å². The number of aromatic nitrogens is 3. The smallest absolute Gasteiger partial charge is 0.146 e. The van der Waals surface area contributed by atoms with Gasteiger partial charge in [-0.15, -0.1) is 10.2 Å². The summed E-state index contributed by atoms with van der Waals surface area (Å²) in [6.07, 6.45) is 1.72. The maximum Gasteiger partial charge on any atom is 0.146 e. The van der Waals surface area contributed by atoms with Crippen molar-refractivity contribution in [1.29, 1.82) is 0 Å². The molecular weight excluding hydrogens is 226 g/mol. The minimum atomic E-state index is 0.644. The van der Waals surface area contributed by atoms with Gasteiger partial charge < -0.3 is 10.3 Å². The Hall–Kier alpha value is -1.72. The summed E-state index contributed by atoms with van der Waals surface area (Å²) in [5.74, 6) is 0.958. The van der Waals surface area contributed by atoms with E-state index >= 15 is 0 Å². The molecule has 96 valence electrons. The Balaban J connectivity index is 2.02. The van der Waals surface area contributed by atoms with E-state index in [9.17, 15) is 0 Å². The lowest BCUT2D eigenvalue weighted by Gasteiger charge is -2.20. The van der Waals surface area contributed by atoms with E-state index in [0.29, 0.717) is 6.54 Å². The maximum absolute atomic E-state index is 5.67. The van der Waals surface area contributed by atoms with Gasteiger partial charge in [0.2, 0.25) is 0 Å². The molecule has 1 aromatic carbocycles. The molecule has 2 rings (SSSR count). The second kappa shape index (κ2) is 6.28. The number of aryl methyl sites for hydroxylation is 1. The number of hydrogen-bond acceptors (Lipinski definition) is 4. The van der Waals surface area contributed by atoms with E-state index in [2.05, 4.69) is 39.4 Å². The highest BCUT2D eigenvalue weighted by Crippen LogP contribution is 2.07. The van der Waals surface area contributed by atoms with Crippen molar-refractivity contribution in [2.75, 3.05) is 13.1 Å². The maximum atomic E-state index is 5.67. The fourth-order valence-corrected chi connectivity index (χ4v) is 1.89. The van der Waals surface area contributed by atoms with Gasteiger partial charge in [-0.05, 0) is 5.56 Å². The molecular formula is C13H19N5. The zero-order valence-corrected chi connectivity index (χ0v) is 10.7. The van der Waals surface area contributed by atoms with E-state index in [1.807, 2.05) is 17.7 Å². The van der Waals surface area contributed by atoms with E-state index in [1.54, 1.807) is 6.33 Å². The normalized spacial score (nSPS) is 11.1. The summed E-state index contributed by atoms with van der Waals surface area (Å²) >= 11 is 0. The lowest BCUT2D eigenvalue weighted by atomic mass is 10.2. The van der Waals surface area contributed by atoms with Crippen LogP contribution in [0.15, 0.2) is 36.7 Å². The van der Waals surface area contributed by atoms with E-state index < -0.39 is 0 Å². The molecule has 1 heterocycles. The molecule has 18 heavy (non-hydrogen) atoms. The number of nitrogens with two attached hydrogens (primary N) is 1. The van der Waals surface area contributed by atoms with Crippen LogP contribution in [0.2, 0.25) is 0 Å². The van der Waals surface area contributed by atoms with Gasteiger partial charge in [0.25, 0.3) is 0 Å². The third-order valence-electron chi connectivity index (χ3n) is 2.86. The van der Waals surface area contributed by atoms with Gasteiger partial charge in [0.15, 0.2) is 0 Å². The molecule has 2 aromatic rings. The van der Waals surface area contributed by atoms with Crippen LogP contribution >= 0.6 is 0 Å². The molecule has 2 N–H and O–H groups in total. The fraction of sp³-hybridized carbons (Fsp3) is 0.385. The van der Waals surface area contributed by atoms with Crippen molar-refractivity contribution in [1.82, 2.24) is 19.7 Å². The topological polar surface area (TPSA) is 60.0 Å². The summed E-state index contributed by atoms with van der Waals surface area (Å²) in [6, 6.07) is 10.4. The minimum absolute atomic E-state index is 0.644. The molecule has 0 bridgehead atoms. The van der Waals surface area contributed by atoms with E-state index in [4.69, 9.17) is 5.73 Å². The first-order chi connectivity index (χ1) is 8.79. The Morgan fingerprint density at radius 3 is 2.61 bits per heavy atom. The summed E-state index contributed by atoms with van der Waals surface area (Å²) in [7, 11) is 1.96. The minimum Gasteiger partial charge on any atom is -0.329 e. The van der Waals surface area contributed by atoms with Crippen molar-refractivity contribution in [3.8, 4) is 0 Å². The van der Waals surface area contributed by atoms with Crippen LogP contribution < -0.4 is 5.73 Å². The molecule has 0 fully saturated rings. The zero-order chi connectivity index (χ0) is 12.8. The van der Waals surface area contributed by atoms with Crippen molar-refractivity contribution >= 4 is 0 Å². The van der Waals surface area contributed by atoms with Crippen molar-refractivity contribution in [3.05, 3.63) is 48.0 Å². The lowest BCUT2D eigenvalue weighted by molar-refractivity contribution is 0.255. The summed E-state index contributed by atoms with van der Waals surface area (Å²) in [5.41, 5.74) is 6.95. The lowest BCUT2D eigenvalue weighted by Crippen LogP contribution is -2.29. The van der Waals surface area contributed by atoms with Gasteiger partial charge in [0.1, 0.15) is 12.2 Å². The van der Waals surface area contributed by atoms with Crippen molar-refractivity contribution < 1.29 is 0 Å². The molecule has 5 nitrogen and oxygen atoms in total. The summed E-state index contributed by atoms with van der Waals surface area (Å²) < 4.78 is 1.94. The standard InChI is InChI=1S/C13H19N5/c1-17-11-15-16-13(17)10-18(8-7-14)9-12-5-3-2-4-6-12/h2-6,11H,7-10,14H2,1H3. The van der Waals surface area contributed by atoms with Crippen LogP contribution in [-0.2, 0) is 20.1 Å². The Labute approximate surface area is 107 Å². The van der Waals surface area contributed by atoms with Gasteiger partial charge in [-0.25, -0.2) is 0 Å². The first-order valence-corrected chi connectivity index (χ1v) is 6.09. The molecule has 0 saturated heterocycles. The molecule has 0 aliphatic carbocycles. The molecule has 0 atom stereocenters. The summed E-state index contributed by atoms with van der Waals surface area (Å²) in [6.45, 7) is 3.14. The summed E-state index contributed by atoms with van der Waals surface area (Å²) in [5, 5.41) is 8.01. The average Bonchev–Trinajstić information content (AvgIpc) is 2.77. The highest BCUT2D eigenvalue weighted by Gasteiger charge is 2.09. The molecule has 0 amide bonds. The number of rotatable bonds is 6. The Kier molecular flexibility index (Phi) is 4.44. The van der Waals surface area contributed by atoms with Gasteiger partial charge in [-0.2, -0.15) is 0 Å². The molecule has 5 heteroatoms. The van der Waals surface area contributed by atoms with Gasteiger partial charge in [0, 0.05) is 26.7 Å². The van der Waals surface area contributed by atoms with Crippen LogP contribution in [0.25, 0.3) is 0 Å². The Morgan fingerprint density at radius 2 is 2.00 bits per heavy atom. The van der Waals surface area contributed by atoms with Crippen molar-refractivity contribution in [2.24, 2.45) is 12.8 Å². The number of nitrogens with zero attached hydrogens (tertiary/aromatic N) is 4. The monoisotopic (exact) mass is 245 g/mol. The van der Waals surface area contributed by atoms with E-state index in [-0.39, 0.29) is 0 Å². The Bertz CT molecular complexity index is 465. The molecule has 0 unspecified atom stereocenters. The first kappa shape index (κ1) is 12.7.